The fourth-order valence-corrected chi connectivity index (χ4v) is 3.71. The summed E-state index contributed by atoms with van der Waals surface area (Å²) >= 11 is 0. The Balaban J connectivity index is 1.74. The highest BCUT2D eigenvalue weighted by molar-refractivity contribution is 5.44. The fourth-order valence-electron chi connectivity index (χ4n) is 3.71. The summed E-state index contributed by atoms with van der Waals surface area (Å²) < 4.78 is 5.84. The number of ether oxygens (including phenoxy) is 1. The molecular formula is C18H27NO3. The SMILES string of the molecule is CCOc1cc2c(cc1CN1CC[C@H](CO)[C@@H](O)C1)CCC2. The standard InChI is InChI=1S/C18H27NO3/c1-2-22-18-9-14-5-3-4-13(14)8-16(18)10-19-7-6-15(12-20)17(21)11-19/h8-9,15,17,20-21H,2-7,10-12H2,1H3/t15-,17+/m1/s1. The molecule has 0 radical (unpaired) electrons. The van der Waals surface area contributed by atoms with E-state index in [9.17, 15) is 10.2 Å². The predicted octanol–water partition coefficient (Wildman–Crippen LogP) is 1.75. The molecule has 1 aromatic carbocycles. The van der Waals surface area contributed by atoms with E-state index in [1.165, 1.54) is 29.5 Å². The van der Waals surface area contributed by atoms with Gasteiger partial charge in [-0.15, -0.1) is 0 Å². The number of likely N-dealkylation sites (tertiary alicyclic amines) is 1. The van der Waals surface area contributed by atoms with Gasteiger partial charge in [0.2, 0.25) is 0 Å². The Bertz CT molecular complexity index is 517. The lowest BCUT2D eigenvalue weighted by Gasteiger charge is -2.35. The van der Waals surface area contributed by atoms with Gasteiger partial charge in [0.05, 0.1) is 12.7 Å². The van der Waals surface area contributed by atoms with Crippen LogP contribution in [0.15, 0.2) is 12.1 Å². The summed E-state index contributed by atoms with van der Waals surface area (Å²) in [6.45, 7) is 5.16. The minimum atomic E-state index is -0.427. The molecule has 1 aromatic rings. The Morgan fingerprint density at radius 2 is 2.05 bits per heavy atom. The van der Waals surface area contributed by atoms with E-state index in [0.717, 1.165) is 31.7 Å². The number of benzene rings is 1. The molecular weight excluding hydrogens is 278 g/mol. The Morgan fingerprint density at radius 3 is 2.73 bits per heavy atom. The van der Waals surface area contributed by atoms with E-state index in [1.807, 2.05) is 6.92 Å². The highest BCUT2D eigenvalue weighted by atomic mass is 16.5. The highest BCUT2D eigenvalue weighted by Gasteiger charge is 2.27. The van der Waals surface area contributed by atoms with Crippen LogP contribution in [0, 0.1) is 5.92 Å². The van der Waals surface area contributed by atoms with Crippen molar-refractivity contribution in [2.75, 3.05) is 26.3 Å². The number of aliphatic hydroxyl groups is 2. The summed E-state index contributed by atoms with van der Waals surface area (Å²) in [5, 5.41) is 19.4. The molecule has 122 valence electrons. The van der Waals surface area contributed by atoms with Crippen LogP contribution in [-0.2, 0) is 19.4 Å². The molecule has 1 fully saturated rings. The summed E-state index contributed by atoms with van der Waals surface area (Å²) in [6, 6.07) is 4.52. The van der Waals surface area contributed by atoms with Crippen LogP contribution in [-0.4, -0.2) is 47.5 Å². The smallest absolute Gasteiger partial charge is 0.124 e. The molecule has 4 heteroatoms. The van der Waals surface area contributed by atoms with Crippen LogP contribution in [0.5, 0.6) is 5.75 Å². The summed E-state index contributed by atoms with van der Waals surface area (Å²) in [6.07, 6.45) is 4.00. The third kappa shape index (κ3) is 3.29. The molecule has 1 aliphatic heterocycles. The first kappa shape index (κ1) is 15.8. The first-order valence-electron chi connectivity index (χ1n) is 8.50. The number of nitrogens with zero attached hydrogens (tertiary/aromatic N) is 1. The molecule has 0 bridgehead atoms. The van der Waals surface area contributed by atoms with E-state index in [0.29, 0.717) is 13.2 Å². The number of piperidine rings is 1. The van der Waals surface area contributed by atoms with E-state index in [1.54, 1.807) is 0 Å². The van der Waals surface area contributed by atoms with Crippen LogP contribution >= 0.6 is 0 Å². The van der Waals surface area contributed by atoms with Gasteiger partial charge in [-0.05, 0) is 56.3 Å². The first-order valence-corrected chi connectivity index (χ1v) is 8.50. The summed E-state index contributed by atoms with van der Waals surface area (Å²) in [4.78, 5) is 2.27. The first-order chi connectivity index (χ1) is 10.7. The molecule has 0 spiro atoms. The molecule has 0 saturated carbocycles. The van der Waals surface area contributed by atoms with Crippen molar-refractivity contribution in [1.29, 1.82) is 0 Å². The maximum Gasteiger partial charge on any atom is 0.124 e. The predicted molar refractivity (Wildman–Crippen MR) is 86.1 cm³/mol. The van der Waals surface area contributed by atoms with Gasteiger partial charge in [0, 0.05) is 31.2 Å². The van der Waals surface area contributed by atoms with Gasteiger partial charge in [0.1, 0.15) is 5.75 Å². The molecule has 3 rings (SSSR count). The highest BCUT2D eigenvalue weighted by Crippen LogP contribution is 2.31. The average molecular weight is 305 g/mol. The Labute approximate surface area is 132 Å². The van der Waals surface area contributed by atoms with Crippen molar-refractivity contribution in [3.63, 3.8) is 0 Å². The van der Waals surface area contributed by atoms with Crippen LogP contribution in [0.2, 0.25) is 0 Å². The number of aryl methyl sites for hydroxylation is 2. The number of rotatable bonds is 5. The number of fused-ring (bicyclic) bond motifs is 1. The molecule has 1 heterocycles. The molecule has 2 N–H and O–H groups in total. The van der Waals surface area contributed by atoms with Crippen LogP contribution in [0.25, 0.3) is 0 Å². The second kappa shape index (κ2) is 6.99. The zero-order valence-corrected chi connectivity index (χ0v) is 13.4. The Kier molecular flexibility index (Phi) is 5.01. The van der Waals surface area contributed by atoms with E-state index >= 15 is 0 Å². The number of hydrogen-bond acceptors (Lipinski definition) is 4. The monoisotopic (exact) mass is 305 g/mol. The molecule has 1 saturated heterocycles. The Morgan fingerprint density at radius 1 is 1.27 bits per heavy atom. The minimum absolute atomic E-state index is 0.0302. The second-order valence-electron chi connectivity index (χ2n) is 6.55. The van der Waals surface area contributed by atoms with Crippen molar-refractivity contribution in [3.8, 4) is 5.75 Å². The van der Waals surface area contributed by atoms with Crippen LogP contribution in [0.1, 0.15) is 36.5 Å². The summed E-state index contributed by atoms with van der Waals surface area (Å²) in [5.41, 5.74) is 4.13. The van der Waals surface area contributed by atoms with Crippen LogP contribution in [0.4, 0.5) is 0 Å². The largest absolute Gasteiger partial charge is 0.494 e. The lowest BCUT2D eigenvalue weighted by molar-refractivity contribution is -0.00466. The third-order valence-corrected chi connectivity index (χ3v) is 5.01. The van der Waals surface area contributed by atoms with Gasteiger partial charge in [0.25, 0.3) is 0 Å². The van der Waals surface area contributed by atoms with Gasteiger partial charge < -0.3 is 14.9 Å². The van der Waals surface area contributed by atoms with Crippen molar-refractivity contribution in [2.45, 2.75) is 45.3 Å². The van der Waals surface area contributed by atoms with Crippen LogP contribution in [0.3, 0.4) is 0 Å². The van der Waals surface area contributed by atoms with Crippen molar-refractivity contribution in [3.05, 3.63) is 28.8 Å². The van der Waals surface area contributed by atoms with Crippen LogP contribution < -0.4 is 4.74 Å². The molecule has 0 amide bonds. The molecule has 0 aromatic heterocycles. The summed E-state index contributed by atoms with van der Waals surface area (Å²) in [5.74, 6) is 1.03. The second-order valence-corrected chi connectivity index (χ2v) is 6.55. The topological polar surface area (TPSA) is 52.9 Å². The normalized spacial score (nSPS) is 25.2. The van der Waals surface area contributed by atoms with Gasteiger partial charge in [-0.3, -0.25) is 4.90 Å². The third-order valence-electron chi connectivity index (χ3n) is 5.01. The van der Waals surface area contributed by atoms with E-state index in [4.69, 9.17) is 4.74 Å². The Hall–Kier alpha value is -1.10. The summed E-state index contributed by atoms with van der Waals surface area (Å²) in [7, 11) is 0. The molecule has 2 aliphatic rings. The maximum atomic E-state index is 10.1. The molecule has 4 nitrogen and oxygen atoms in total. The number of hydrogen-bond donors (Lipinski definition) is 2. The number of β-amino-alcohol motifs (C(OH)–C–C–N with tert-alkyl or cyclic N) is 1. The number of aliphatic hydroxyl groups excluding tert-OH is 2. The fraction of sp³-hybridized carbons (Fsp3) is 0.667. The lowest BCUT2D eigenvalue weighted by Crippen LogP contribution is -2.44. The zero-order chi connectivity index (χ0) is 15.5. The van der Waals surface area contributed by atoms with E-state index < -0.39 is 6.10 Å². The lowest BCUT2D eigenvalue weighted by atomic mass is 9.94. The van der Waals surface area contributed by atoms with Crippen molar-refractivity contribution < 1.29 is 14.9 Å². The maximum absolute atomic E-state index is 10.1. The van der Waals surface area contributed by atoms with E-state index in [2.05, 4.69) is 17.0 Å². The van der Waals surface area contributed by atoms with Crippen molar-refractivity contribution >= 4 is 0 Å². The van der Waals surface area contributed by atoms with Gasteiger partial charge in [-0.2, -0.15) is 0 Å². The molecule has 1 aliphatic carbocycles. The molecule has 22 heavy (non-hydrogen) atoms. The van der Waals surface area contributed by atoms with Gasteiger partial charge >= 0.3 is 0 Å². The van der Waals surface area contributed by atoms with E-state index in [-0.39, 0.29) is 12.5 Å². The quantitative estimate of drug-likeness (QED) is 0.870. The van der Waals surface area contributed by atoms with Gasteiger partial charge in [-0.25, -0.2) is 0 Å². The van der Waals surface area contributed by atoms with Crippen molar-refractivity contribution in [1.82, 2.24) is 4.90 Å². The molecule has 0 unspecified atom stereocenters. The zero-order valence-electron chi connectivity index (χ0n) is 13.4. The minimum Gasteiger partial charge on any atom is -0.494 e. The van der Waals surface area contributed by atoms with Crippen molar-refractivity contribution in [2.24, 2.45) is 5.92 Å². The average Bonchev–Trinajstić information content (AvgIpc) is 2.95. The van der Waals surface area contributed by atoms with Gasteiger partial charge in [-0.1, -0.05) is 6.07 Å². The van der Waals surface area contributed by atoms with Gasteiger partial charge in [0.15, 0.2) is 0 Å². The molecule has 2 atom stereocenters.